The second-order valence-electron chi connectivity index (χ2n) is 17.5. The van der Waals surface area contributed by atoms with Crippen LogP contribution in [0.3, 0.4) is 0 Å². The van der Waals surface area contributed by atoms with Gasteiger partial charge in [-0.25, -0.2) is 0 Å². The number of rotatable bonds is 9. The van der Waals surface area contributed by atoms with Crippen molar-refractivity contribution < 1.29 is 20.1 Å². The molecule has 0 spiro atoms. The van der Waals surface area contributed by atoms with Crippen molar-refractivity contribution >= 4 is 27.3 Å². The molecule has 5 heterocycles. The normalized spacial score (nSPS) is 11.2. The first-order chi connectivity index (χ1) is 35.2. The molecule has 0 bridgehead atoms. The molecule has 0 radical (unpaired) electrons. The van der Waals surface area contributed by atoms with Crippen LogP contribution in [0.1, 0.15) is 0 Å². The number of pyridine rings is 4. The zero-order valence-electron chi connectivity index (χ0n) is 38.7. The van der Waals surface area contributed by atoms with E-state index in [1.54, 1.807) is 0 Å². The molecule has 8 aromatic carbocycles. The second kappa shape index (κ2) is 19.1. The summed E-state index contributed by atoms with van der Waals surface area (Å²) >= 11 is 0. The van der Waals surface area contributed by atoms with Gasteiger partial charge in [0.1, 0.15) is 0 Å². The molecule has 0 saturated heterocycles. The van der Waals surface area contributed by atoms with Crippen LogP contribution in [0.5, 0.6) is 0 Å². The van der Waals surface area contributed by atoms with E-state index in [2.05, 4.69) is 209 Å². The molecule has 13 aromatic rings. The van der Waals surface area contributed by atoms with E-state index in [0.29, 0.717) is 0 Å². The monoisotopic (exact) mass is 1100 g/mol. The summed E-state index contributed by atoms with van der Waals surface area (Å²) in [5.41, 5.74) is 21.8. The molecule has 13 rings (SSSR count). The number of fused-ring (bicyclic) bond motifs is 6. The fraction of sp³-hybridized carbons (Fsp3) is 0. The van der Waals surface area contributed by atoms with Crippen LogP contribution in [0.15, 0.2) is 243 Å². The van der Waals surface area contributed by atoms with Crippen LogP contribution in [0.4, 0.5) is 0 Å². The number of hydrogen-bond donors (Lipinski definition) is 0. The summed E-state index contributed by atoms with van der Waals surface area (Å²) in [6.07, 6.45) is 7.38. The van der Waals surface area contributed by atoms with E-state index in [0.717, 1.165) is 128 Å². The van der Waals surface area contributed by atoms with Crippen LogP contribution < -0.4 is 0 Å². The summed E-state index contributed by atoms with van der Waals surface area (Å²) in [7, 11) is 0. The minimum atomic E-state index is 0. The van der Waals surface area contributed by atoms with Crippen molar-refractivity contribution in [2.45, 2.75) is 0 Å². The van der Waals surface area contributed by atoms with Crippen LogP contribution in [-0.4, -0.2) is 24.6 Å². The van der Waals surface area contributed by atoms with Crippen molar-refractivity contribution in [3.63, 3.8) is 0 Å². The molecule has 0 saturated carbocycles. The van der Waals surface area contributed by atoms with Crippen LogP contribution in [-0.2, 0) is 20.1 Å². The molecule has 72 heavy (non-hydrogen) atoms. The first kappa shape index (κ1) is 44.3. The number of benzene rings is 8. The molecule has 5 aromatic heterocycles. The van der Waals surface area contributed by atoms with Crippen molar-refractivity contribution in [3.8, 4) is 100 Å². The number of aromatic nitrogens is 5. The Morgan fingerprint density at radius 1 is 0.347 bits per heavy atom. The van der Waals surface area contributed by atoms with Crippen LogP contribution in [0, 0.1) is 18.2 Å². The van der Waals surface area contributed by atoms with Crippen molar-refractivity contribution in [2.75, 3.05) is 0 Å². The molecule has 0 aliphatic heterocycles. The van der Waals surface area contributed by atoms with Gasteiger partial charge in [-0.15, -0.1) is 71.8 Å². The first-order valence-corrected chi connectivity index (χ1v) is 23.7. The Morgan fingerprint density at radius 3 is 1.38 bits per heavy atom. The zero-order valence-corrected chi connectivity index (χ0v) is 41.1. The third kappa shape index (κ3) is 7.99. The molecular weight excluding hydrogens is 1050 g/mol. The SMILES string of the molecule is [Ir+3].[c-]1cc(-c2ccccc2-c2cc(-c3ccccc3-c3c[c-]c(-c4ccccn4)cc3)cc(-c3ccccc3-c3c[c-]c4c5ncccc5c5ccnn5c4c3-c3ccccc3)c2)ccc1-c1ccccn1. The molecule has 6 heteroatoms. The molecule has 0 unspecified atom stereocenters. The summed E-state index contributed by atoms with van der Waals surface area (Å²) in [4.78, 5) is 14.1. The van der Waals surface area contributed by atoms with Gasteiger partial charge in [0.15, 0.2) is 0 Å². The third-order valence-corrected chi connectivity index (χ3v) is 13.4. The summed E-state index contributed by atoms with van der Waals surface area (Å²) < 4.78 is 2.07. The quantitative estimate of drug-likeness (QED) is 0.107. The van der Waals surface area contributed by atoms with E-state index in [1.165, 1.54) is 0 Å². The van der Waals surface area contributed by atoms with E-state index in [4.69, 9.17) is 10.1 Å². The van der Waals surface area contributed by atoms with E-state index >= 15 is 0 Å². The van der Waals surface area contributed by atoms with Crippen LogP contribution in [0.2, 0.25) is 0 Å². The summed E-state index contributed by atoms with van der Waals surface area (Å²) in [5, 5.41) is 6.91. The molecule has 0 aliphatic rings. The Hall–Kier alpha value is -8.93. The van der Waals surface area contributed by atoms with Gasteiger partial charge in [0.05, 0.1) is 5.52 Å². The maximum atomic E-state index is 4.95. The van der Waals surface area contributed by atoms with Crippen molar-refractivity contribution in [1.29, 1.82) is 0 Å². The Kier molecular flexibility index (Phi) is 11.8. The fourth-order valence-corrected chi connectivity index (χ4v) is 10.1. The molecule has 5 nitrogen and oxygen atoms in total. The summed E-state index contributed by atoms with van der Waals surface area (Å²) in [6.45, 7) is 0. The van der Waals surface area contributed by atoms with Gasteiger partial charge in [0.25, 0.3) is 0 Å². The van der Waals surface area contributed by atoms with Gasteiger partial charge in [0.2, 0.25) is 0 Å². The van der Waals surface area contributed by atoms with E-state index in [9.17, 15) is 0 Å². The smallest absolute Gasteiger partial charge is 0.305 e. The van der Waals surface area contributed by atoms with Crippen LogP contribution in [0.25, 0.3) is 128 Å². The molecule has 338 valence electrons. The van der Waals surface area contributed by atoms with Gasteiger partial charge in [-0.05, 0) is 109 Å². The number of hydrogen-bond acceptors (Lipinski definition) is 4. The standard InChI is InChI=1S/C66H40N5.Ir/c1-2-15-48(16-3-1)64-58(34-35-60-65-59(23-14-39-69-65)63-36-40-70-71(63)66(60)64)57-22-9-8-21-56(57)51-42-49(54-19-6-4-17-52(54)44-26-30-46(31-27-44)61-24-10-12-37-67-61)41-50(43-51)55-20-7-5-18-53(55)45-28-32-47(33-29-45)62-25-11-13-38-68-62;/h1-30,32,34,36-43H;/q-3;+3. The predicted molar refractivity (Wildman–Crippen MR) is 289 cm³/mol. The predicted octanol–water partition coefficient (Wildman–Crippen LogP) is 16.2. The van der Waals surface area contributed by atoms with Gasteiger partial charge < -0.3 is 15.0 Å². The van der Waals surface area contributed by atoms with Crippen molar-refractivity contribution in [3.05, 3.63) is 261 Å². The topological polar surface area (TPSA) is 56.0 Å². The Balaban J connectivity index is 0.00000530. The maximum Gasteiger partial charge on any atom is 3.00 e. The van der Waals surface area contributed by atoms with Crippen LogP contribution >= 0.6 is 0 Å². The maximum absolute atomic E-state index is 4.95. The van der Waals surface area contributed by atoms with Gasteiger partial charge >= 0.3 is 20.1 Å². The van der Waals surface area contributed by atoms with Gasteiger partial charge in [-0.3, -0.25) is 4.52 Å². The van der Waals surface area contributed by atoms with Gasteiger partial charge in [-0.2, -0.15) is 5.10 Å². The molecular formula is C66H40IrN5. The Bertz CT molecular complexity index is 3930. The number of nitrogens with zero attached hydrogens (tertiary/aromatic N) is 5. The third-order valence-electron chi connectivity index (χ3n) is 13.4. The molecule has 0 N–H and O–H groups in total. The molecule has 0 atom stereocenters. The summed E-state index contributed by atoms with van der Waals surface area (Å²) in [6, 6.07) is 87.6. The molecule has 0 fully saturated rings. The van der Waals surface area contributed by atoms with Gasteiger partial charge in [0, 0.05) is 24.8 Å². The van der Waals surface area contributed by atoms with E-state index in [1.807, 2.05) is 67.3 Å². The van der Waals surface area contributed by atoms with Crippen molar-refractivity contribution in [2.24, 2.45) is 0 Å². The van der Waals surface area contributed by atoms with E-state index in [-0.39, 0.29) is 20.1 Å². The Morgan fingerprint density at radius 2 is 0.847 bits per heavy atom. The Labute approximate surface area is 431 Å². The minimum Gasteiger partial charge on any atom is -0.305 e. The average Bonchev–Trinajstić information content (AvgIpc) is 3.96. The fourth-order valence-electron chi connectivity index (χ4n) is 10.1. The summed E-state index contributed by atoms with van der Waals surface area (Å²) in [5.74, 6) is 0. The average molecular weight is 1100 g/mol. The first-order valence-electron chi connectivity index (χ1n) is 23.7. The van der Waals surface area contributed by atoms with E-state index < -0.39 is 0 Å². The van der Waals surface area contributed by atoms with Crippen molar-refractivity contribution in [1.82, 2.24) is 24.6 Å². The largest absolute Gasteiger partial charge is 3.00 e. The van der Waals surface area contributed by atoms with Gasteiger partial charge in [-0.1, -0.05) is 178 Å². The molecule has 0 amide bonds. The molecule has 0 aliphatic carbocycles. The zero-order chi connectivity index (χ0) is 47.1. The minimum absolute atomic E-state index is 0. The second-order valence-corrected chi connectivity index (χ2v) is 17.5.